The highest BCUT2D eigenvalue weighted by Gasteiger charge is 2.17. The molecule has 4 heteroatoms. The molecule has 0 radical (unpaired) electrons. The first kappa shape index (κ1) is 14.9. The Balaban J connectivity index is 1.85. The van der Waals surface area contributed by atoms with Crippen LogP contribution in [0, 0.1) is 6.92 Å². The highest BCUT2D eigenvalue weighted by Crippen LogP contribution is 2.19. The third-order valence-electron chi connectivity index (χ3n) is 4.02. The van der Waals surface area contributed by atoms with Gasteiger partial charge in [-0.25, -0.2) is 4.79 Å². The predicted molar refractivity (Wildman–Crippen MR) is 78.5 cm³/mol. The maximum Gasteiger partial charge on any atom is 0.335 e. The Labute approximate surface area is 120 Å². The number of likely N-dealkylation sites (tertiary alicyclic amines) is 1. The van der Waals surface area contributed by atoms with Crippen LogP contribution in [0.3, 0.4) is 0 Å². The van der Waals surface area contributed by atoms with E-state index in [2.05, 4.69) is 11.8 Å². The zero-order valence-corrected chi connectivity index (χ0v) is 12.3. The van der Waals surface area contributed by atoms with Gasteiger partial charge in [-0.3, -0.25) is 4.90 Å². The van der Waals surface area contributed by atoms with E-state index in [9.17, 15) is 4.79 Å². The SMILES string of the molecule is Cc1cc(OCCN2CCCCC2C)ccc1C(=O)O. The highest BCUT2D eigenvalue weighted by atomic mass is 16.5. The summed E-state index contributed by atoms with van der Waals surface area (Å²) in [7, 11) is 0. The highest BCUT2D eigenvalue weighted by molar-refractivity contribution is 5.89. The first-order valence-corrected chi connectivity index (χ1v) is 7.28. The van der Waals surface area contributed by atoms with Gasteiger partial charge >= 0.3 is 5.97 Å². The van der Waals surface area contributed by atoms with Crippen molar-refractivity contribution in [3.05, 3.63) is 29.3 Å². The lowest BCUT2D eigenvalue weighted by Gasteiger charge is -2.33. The Morgan fingerprint density at radius 1 is 1.45 bits per heavy atom. The van der Waals surface area contributed by atoms with E-state index < -0.39 is 5.97 Å². The van der Waals surface area contributed by atoms with Crippen molar-refractivity contribution >= 4 is 5.97 Å². The fourth-order valence-corrected chi connectivity index (χ4v) is 2.74. The third kappa shape index (κ3) is 3.73. The van der Waals surface area contributed by atoms with Gasteiger partial charge in [0, 0.05) is 12.6 Å². The Hall–Kier alpha value is -1.55. The van der Waals surface area contributed by atoms with Crippen LogP contribution in [0.25, 0.3) is 0 Å². The number of aromatic carboxylic acids is 1. The molecular weight excluding hydrogens is 254 g/mol. The fourth-order valence-electron chi connectivity index (χ4n) is 2.74. The third-order valence-corrected chi connectivity index (χ3v) is 4.02. The summed E-state index contributed by atoms with van der Waals surface area (Å²) in [5.41, 5.74) is 1.07. The van der Waals surface area contributed by atoms with E-state index in [0.29, 0.717) is 18.2 Å². The van der Waals surface area contributed by atoms with Crippen molar-refractivity contribution in [3.8, 4) is 5.75 Å². The maximum absolute atomic E-state index is 10.9. The molecule has 0 bridgehead atoms. The average molecular weight is 277 g/mol. The van der Waals surface area contributed by atoms with E-state index in [1.54, 1.807) is 25.1 Å². The number of carboxylic acids is 1. The molecule has 1 aromatic rings. The summed E-state index contributed by atoms with van der Waals surface area (Å²) in [5.74, 6) is -0.145. The molecule has 1 saturated heterocycles. The molecule has 1 aliphatic rings. The van der Waals surface area contributed by atoms with Crippen molar-refractivity contribution in [3.63, 3.8) is 0 Å². The molecule has 0 aromatic heterocycles. The van der Waals surface area contributed by atoms with E-state index in [1.165, 1.54) is 19.3 Å². The quantitative estimate of drug-likeness (QED) is 0.899. The van der Waals surface area contributed by atoms with Gasteiger partial charge in [0.25, 0.3) is 0 Å². The zero-order chi connectivity index (χ0) is 14.5. The topological polar surface area (TPSA) is 49.8 Å². The Morgan fingerprint density at radius 2 is 2.25 bits per heavy atom. The van der Waals surface area contributed by atoms with Gasteiger partial charge in [0.05, 0.1) is 5.56 Å². The number of benzene rings is 1. The summed E-state index contributed by atoms with van der Waals surface area (Å²) >= 11 is 0. The number of piperidine rings is 1. The molecule has 2 rings (SSSR count). The number of ether oxygens (including phenoxy) is 1. The van der Waals surface area contributed by atoms with Crippen LogP contribution in [-0.4, -0.2) is 41.7 Å². The molecule has 1 aromatic carbocycles. The molecule has 1 aliphatic heterocycles. The van der Waals surface area contributed by atoms with E-state index >= 15 is 0 Å². The van der Waals surface area contributed by atoms with Crippen molar-refractivity contribution in [2.45, 2.75) is 39.2 Å². The second kappa shape index (κ2) is 6.75. The van der Waals surface area contributed by atoms with Gasteiger partial charge < -0.3 is 9.84 Å². The second-order valence-corrected chi connectivity index (χ2v) is 5.51. The zero-order valence-electron chi connectivity index (χ0n) is 12.3. The standard InChI is InChI=1S/C16H23NO3/c1-12-11-14(6-7-15(12)16(18)19)20-10-9-17-8-4-3-5-13(17)2/h6-7,11,13H,3-5,8-10H2,1-2H3,(H,18,19). The average Bonchev–Trinajstić information content (AvgIpc) is 2.40. The van der Waals surface area contributed by atoms with E-state index in [0.717, 1.165) is 24.4 Å². The largest absolute Gasteiger partial charge is 0.492 e. The molecule has 1 fully saturated rings. The molecule has 0 spiro atoms. The molecule has 1 atom stereocenters. The minimum absolute atomic E-state index is 0.335. The Morgan fingerprint density at radius 3 is 2.90 bits per heavy atom. The molecule has 1 N–H and O–H groups in total. The molecule has 0 amide bonds. The van der Waals surface area contributed by atoms with Crippen LogP contribution in [-0.2, 0) is 0 Å². The van der Waals surface area contributed by atoms with E-state index in [1.807, 2.05) is 0 Å². The summed E-state index contributed by atoms with van der Waals surface area (Å²) in [5, 5.41) is 8.98. The van der Waals surface area contributed by atoms with Crippen LogP contribution in [0.4, 0.5) is 0 Å². The summed E-state index contributed by atoms with van der Waals surface area (Å²) in [4.78, 5) is 13.4. The number of carboxylic acid groups (broad SMARTS) is 1. The van der Waals surface area contributed by atoms with E-state index in [-0.39, 0.29) is 0 Å². The van der Waals surface area contributed by atoms with Gasteiger partial charge in [-0.2, -0.15) is 0 Å². The van der Waals surface area contributed by atoms with Gasteiger partial charge in [0.15, 0.2) is 0 Å². The molecule has 110 valence electrons. The molecule has 4 nitrogen and oxygen atoms in total. The summed E-state index contributed by atoms with van der Waals surface area (Å²) in [6, 6.07) is 5.78. The van der Waals surface area contributed by atoms with Crippen LogP contribution in [0.1, 0.15) is 42.1 Å². The number of carbonyl (C=O) groups is 1. The van der Waals surface area contributed by atoms with Crippen molar-refractivity contribution in [2.75, 3.05) is 19.7 Å². The fraction of sp³-hybridized carbons (Fsp3) is 0.562. The monoisotopic (exact) mass is 277 g/mol. The van der Waals surface area contributed by atoms with Crippen molar-refractivity contribution < 1.29 is 14.6 Å². The first-order valence-electron chi connectivity index (χ1n) is 7.28. The van der Waals surface area contributed by atoms with Gasteiger partial charge in [-0.1, -0.05) is 6.42 Å². The van der Waals surface area contributed by atoms with Crippen LogP contribution < -0.4 is 4.74 Å². The minimum Gasteiger partial charge on any atom is -0.492 e. The molecule has 20 heavy (non-hydrogen) atoms. The number of aryl methyl sites for hydroxylation is 1. The minimum atomic E-state index is -0.892. The molecule has 1 unspecified atom stereocenters. The van der Waals surface area contributed by atoms with Gasteiger partial charge in [0.1, 0.15) is 12.4 Å². The normalized spacial score (nSPS) is 19.8. The number of hydrogen-bond acceptors (Lipinski definition) is 3. The lowest BCUT2D eigenvalue weighted by Crippen LogP contribution is -2.39. The number of nitrogens with zero attached hydrogens (tertiary/aromatic N) is 1. The lowest BCUT2D eigenvalue weighted by atomic mass is 10.0. The number of rotatable bonds is 5. The van der Waals surface area contributed by atoms with Crippen molar-refractivity contribution in [1.29, 1.82) is 0 Å². The maximum atomic E-state index is 10.9. The van der Waals surface area contributed by atoms with Gasteiger partial charge in [-0.15, -0.1) is 0 Å². The number of hydrogen-bond donors (Lipinski definition) is 1. The molecule has 1 heterocycles. The van der Waals surface area contributed by atoms with E-state index in [4.69, 9.17) is 9.84 Å². The van der Waals surface area contributed by atoms with Crippen LogP contribution in [0.5, 0.6) is 5.75 Å². The summed E-state index contributed by atoms with van der Waals surface area (Å²) < 4.78 is 5.74. The smallest absolute Gasteiger partial charge is 0.335 e. The Kier molecular flexibility index (Phi) is 5.01. The lowest BCUT2D eigenvalue weighted by molar-refractivity contribution is 0.0696. The van der Waals surface area contributed by atoms with Gasteiger partial charge in [0.2, 0.25) is 0 Å². The predicted octanol–water partition coefficient (Wildman–Crippen LogP) is 2.95. The first-order chi connectivity index (χ1) is 9.58. The van der Waals surface area contributed by atoms with Crippen molar-refractivity contribution in [1.82, 2.24) is 4.90 Å². The van der Waals surface area contributed by atoms with Crippen molar-refractivity contribution in [2.24, 2.45) is 0 Å². The van der Waals surface area contributed by atoms with Crippen LogP contribution in [0.15, 0.2) is 18.2 Å². The second-order valence-electron chi connectivity index (χ2n) is 5.51. The molecule has 0 aliphatic carbocycles. The van der Waals surface area contributed by atoms with Crippen LogP contribution in [0.2, 0.25) is 0 Å². The van der Waals surface area contributed by atoms with Gasteiger partial charge in [-0.05, 0) is 57.0 Å². The Bertz CT molecular complexity index is 473. The summed E-state index contributed by atoms with van der Waals surface area (Å²) in [6.45, 7) is 6.80. The molecule has 0 saturated carbocycles. The summed E-state index contributed by atoms with van der Waals surface area (Å²) in [6.07, 6.45) is 3.87. The molecular formula is C16H23NO3. The van der Waals surface area contributed by atoms with Crippen LogP contribution >= 0.6 is 0 Å².